The second kappa shape index (κ2) is 22.6. The van der Waals surface area contributed by atoms with Gasteiger partial charge in [0.15, 0.2) is 23.2 Å². The fourth-order valence-corrected chi connectivity index (χ4v) is 17.1. The zero-order valence-electron chi connectivity index (χ0n) is 46.3. The van der Waals surface area contributed by atoms with E-state index >= 15 is 0 Å². The first-order valence-corrected chi connectivity index (χ1v) is 30.8. The molecule has 1 aliphatic heterocycles. The highest BCUT2D eigenvalue weighted by molar-refractivity contribution is 5.97. The molecule has 9 heteroatoms. The number of carbonyl (C=O) groups excluding carboxylic acids is 1. The number of ketones is 1. The zero-order valence-corrected chi connectivity index (χ0v) is 46.3. The number of phenols is 2. The fraction of sp³-hybridized carbons (Fsp3) is 0.618. The number of phenolic OH excluding ortho intramolecular Hbond substituents is 2. The molecule has 12 rings (SSSR count). The molecule has 1 heterocycles. The summed E-state index contributed by atoms with van der Waals surface area (Å²) in [6, 6.07) is 17.3. The van der Waals surface area contributed by atoms with Crippen LogP contribution in [0.15, 0.2) is 76.8 Å². The van der Waals surface area contributed by atoms with Gasteiger partial charge in [0.05, 0.1) is 30.4 Å². The molecular formula is C68H87N3O6. The number of carbonyl (C=O) groups is 1. The normalized spacial score (nSPS) is 32.3. The van der Waals surface area contributed by atoms with Crippen LogP contribution in [0.4, 0.5) is 0 Å². The molecule has 11 unspecified atom stereocenters. The Kier molecular flexibility index (Phi) is 15.5. The number of Topliss-reactive ketones (excluding diaryl/α,β-unsaturated/α-hetero) is 1. The third-order valence-corrected chi connectivity index (χ3v) is 20.9. The van der Waals surface area contributed by atoms with Gasteiger partial charge in [-0.3, -0.25) is 4.79 Å². The Bertz CT molecular complexity index is 2820. The Hall–Kier alpha value is -5.04. The van der Waals surface area contributed by atoms with Crippen LogP contribution in [-0.2, 0) is 21.5 Å². The lowest BCUT2D eigenvalue weighted by Gasteiger charge is -2.50. The minimum absolute atomic E-state index is 0.00478. The number of hydrogen-bond donors (Lipinski definition) is 5. The van der Waals surface area contributed by atoms with Crippen LogP contribution in [0.25, 0.3) is 0 Å². The number of aromatic hydroxyl groups is 2. The van der Waals surface area contributed by atoms with Gasteiger partial charge in [-0.15, -0.1) is 0 Å². The first kappa shape index (κ1) is 52.6. The van der Waals surface area contributed by atoms with E-state index in [4.69, 9.17) is 20.2 Å². The molecule has 0 amide bonds. The van der Waals surface area contributed by atoms with Crippen LogP contribution in [0, 0.1) is 53.3 Å². The molecule has 1 spiro atoms. The van der Waals surface area contributed by atoms with Gasteiger partial charge in [-0.05, 0) is 202 Å². The lowest BCUT2D eigenvalue weighted by molar-refractivity contribution is -0.116. The summed E-state index contributed by atoms with van der Waals surface area (Å²) >= 11 is 0. The van der Waals surface area contributed by atoms with Crippen LogP contribution in [0.2, 0.25) is 0 Å². The number of aliphatic hydroxyl groups is 1. The van der Waals surface area contributed by atoms with Crippen LogP contribution in [0.1, 0.15) is 218 Å². The summed E-state index contributed by atoms with van der Waals surface area (Å²) in [4.78, 5) is 20.4. The second-order valence-corrected chi connectivity index (χ2v) is 25.9. The van der Waals surface area contributed by atoms with Crippen molar-refractivity contribution in [1.29, 1.82) is 0 Å². The highest BCUT2D eigenvalue weighted by Crippen LogP contribution is 2.60. The Morgan fingerprint density at radius 1 is 0.844 bits per heavy atom. The molecule has 9 nitrogen and oxygen atoms in total. The molecule has 6 N–H and O–H groups in total. The Morgan fingerprint density at radius 3 is 2.43 bits per heavy atom. The van der Waals surface area contributed by atoms with E-state index in [1.54, 1.807) is 0 Å². The van der Waals surface area contributed by atoms with Crippen LogP contribution in [-0.4, -0.2) is 58.5 Å². The highest BCUT2D eigenvalue weighted by atomic mass is 16.5. The van der Waals surface area contributed by atoms with E-state index in [-0.39, 0.29) is 95.2 Å². The topological polar surface area (TPSA) is 147 Å². The molecule has 77 heavy (non-hydrogen) atoms. The van der Waals surface area contributed by atoms with Gasteiger partial charge in [0, 0.05) is 42.4 Å². The zero-order chi connectivity index (χ0) is 52.8. The van der Waals surface area contributed by atoms with E-state index in [0.29, 0.717) is 49.2 Å². The molecule has 0 saturated heterocycles. The van der Waals surface area contributed by atoms with Crippen molar-refractivity contribution >= 4 is 11.7 Å². The Morgan fingerprint density at radius 2 is 1.62 bits per heavy atom. The van der Waals surface area contributed by atoms with E-state index < -0.39 is 0 Å². The first-order chi connectivity index (χ1) is 37.5. The van der Waals surface area contributed by atoms with Crippen molar-refractivity contribution in [3.05, 3.63) is 111 Å². The Labute approximate surface area is 459 Å². The number of nitrogens with one attached hydrogen (secondary N) is 1. The van der Waals surface area contributed by atoms with Crippen molar-refractivity contribution in [3.8, 4) is 29.1 Å². The maximum Gasteiger partial charge on any atom is 0.189 e. The van der Waals surface area contributed by atoms with Crippen molar-refractivity contribution < 1.29 is 29.6 Å². The number of fused-ring (bicyclic) bond motifs is 12. The molecule has 0 aromatic heterocycles. The lowest BCUT2D eigenvalue weighted by atomic mass is 9.55. The van der Waals surface area contributed by atoms with E-state index in [1.807, 2.05) is 12.1 Å². The molecule has 3 aromatic carbocycles. The van der Waals surface area contributed by atoms with Crippen LogP contribution < -0.4 is 15.8 Å². The number of aliphatic hydroxyl groups excluding tert-OH is 1. The standard InChI is InChI=1S/C68H87N3O6/c1-3-44-35-58-45(32-49(44)39-72)22-23-46(37-62(58)74)57-38-63(77-54-19-8-9-20-54)66(75)65-55(57)21-13-16-51-33-48-36-59-56(26-41(2)27-60(59)64(65)61(48)40-76-53-17-6-4-7-18-53)47-29-43(31-52(73)34-47)28-42-14-12-15-50(30-42)68(71-67(69)70-51)24-10-5-11-25-68/h12,14-15,29-31,34-36,38,41,44-46,48-49,51,53-54,56,60-61,64,72-73,75H,3-11,16-20,22-28,32-33,37,39-40H2,1-2H3,(H3,69,70,71). The quantitative estimate of drug-likeness (QED) is 0.111. The number of benzene rings is 3. The molecular weight excluding hydrogens is 955 g/mol. The summed E-state index contributed by atoms with van der Waals surface area (Å²) in [6.45, 7) is 5.26. The molecule has 8 aliphatic carbocycles. The molecule has 9 aliphatic rings. The average Bonchev–Trinajstić information content (AvgIpc) is 4.01. The summed E-state index contributed by atoms with van der Waals surface area (Å²) in [6.07, 6.45) is 27.8. The maximum atomic E-state index is 14.9. The van der Waals surface area contributed by atoms with Gasteiger partial charge in [0.25, 0.3) is 0 Å². The van der Waals surface area contributed by atoms with Crippen molar-refractivity contribution in [1.82, 2.24) is 5.32 Å². The number of hydrogen-bond acceptors (Lipinski definition) is 9. The molecule has 3 aromatic rings. The van der Waals surface area contributed by atoms with Gasteiger partial charge in [0.2, 0.25) is 0 Å². The summed E-state index contributed by atoms with van der Waals surface area (Å²) in [7, 11) is 0. The fourth-order valence-electron chi connectivity index (χ4n) is 17.1. The largest absolute Gasteiger partial charge is 0.508 e. The molecule has 5 fully saturated rings. The van der Waals surface area contributed by atoms with E-state index in [2.05, 4.69) is 79.6 Å². The number of nitrogens with two attached hydrogens (primary N) is 1. The molecule has 410 valence electrons. The maximum absolute atomic E-state index is 14.9. The lowest BCUT2D eigenvalue weighted by Crippen LogP contribution is -2.50. The SMILES string of the molecule is CCC1C=C2C(=O)CC(c3cc(OC4CCCC4)c(O)c4c3C#CCC3CC5C=C6C(CC(C)CC6C4C5COC4CCCCC4)c4cc(O)cc(c4)Cc4cccc(c4)C4(CCCCC4)NC(N)=N3)CCC2CC1CO. The first-order valence-electron chi connectivity index (χ1n) is 30.8. The third-order valence-electron chi connectivity index (χ3n) is 20.9. The average molecular weight is 1040 g/mol. The molecule has 11 atom stereocenters. The van der Waals surface area contributed by atoms with Gasteiger partial charge in [-0.2, -0.15) is 0 Å². The van der Waals surface area contributed by atoms with Gasteiger partial charge in [0.1, 0.15) is 5.75 Å². The summed E-state index contributed by atoms with van der Waals surface area (Å²) in [5.41, 5.74) is 16.7. The van der Waals surface area contributed by atoms with Gasteiger partial charge >= 0.3 is 0 Å². The third kappa shape index (κ3) is 10.8. The molecule has 0 radical (unpaired) electrons. The number of allylic oxidation sites excluding steroid dienone is 4. The minimum Gasteiger partial charge on any atom is -0.508 e. The summed E-state index contributed by atoms with van der Waals surface area (Å²) in [5.74, 6) is 9.88. The van der Waals surface area contributed by atoms with Crippen LogP contribution in [0.3, 0.4) is 0 Å². The van der Waals surface area contributed by atoms with Crippen molar-refractivity contribution in [2.45, 2.75) is 209 Å². The van der Waals surface area contributed by atoms with Gasteiger partial charge in [-0.1, -0.05) is 112 Å². The van der Waals surface area contributed by atoms with Gasteiger partial charge in [-0.25, -0.2) is 4.99 Å². The predicted molar refractivity (Wildman–Crippen MR) is 305 cm³/mol. The van der Waals surface area contributed by atoms with E-state index in [9.17, 15) is 20.1 Å². The highest BCUT2D eigenvalue weighted by Gasteiger charge is 2.50. The van der Waals surface area contributed by atoms with Crippen LogP contribution in [0.5, 0.6) is 17.2 Å². The van der Waals surface area contributed by atoms with Crippen molar-refractivity contribution in [2.24, 2.45) is 52.2 Å². The van der Waals surface area contributed by atoms with Crippen molar-refractivity contribution in [2.75, 3.05) is 13.2 Å². The number of rotatable bonds is 8. The summed E-state index contributed by atoms with van der Waals surface area (Å²) < 4.78 is 14.4. The van der Waals surface area contributed by atoms with Crippen molar-refractivity contribution in [3.63, 3.8) is 0 Å². The molecule has 5 saturated carbocycles. The second-order valence-electron chi connectivity index (χ2n) is 25.9. The number of guanidine groups is 1. The van der Waals surface area contributed by atoms with E-state index in [1.165, 1.54) is 42.4 Å². The number of aliphatic imine (C=N–C) groups is 1. The monoisotopic (exact) mass is 1040 g/mol. The van der Waals surface area contributed by atoms with Gasteiger partial charge < -0.3 is 35.8 Å². The number of ether oxygens (including phenoxy) is 2. The summed E-state index contributed by atoms with van der Waals surface area (Å²) in [5, 5.41) is 39.7. The predicted octanol–water partition coefficient (Wildman–Crippen LogP) is 13.5. The molecule has 8 bridgehead atoms. The number of nitrogens with zero attached hydrogens (tertiary/aromatic N) is 1. The Balaban J connectivity index is 1.08. The minimum atomic E-state index is -0.363. The smallest absolute Gasteiger partial charge is 0.189 e. The van der Waals surface area contributed by atoms with E-state index in [0.717, 1.165) is 143 Å². The van der Waals surface area contributed by atoms with Crippen LogP contribution >= 0.6 is 0 Å².